The van der Waals surface area contributed by atoms with Crippen molar-refractivity contribution in [1.82, 2.24) is 31.9 Å². The first-order valence-electron chi connectivity index (χ1n) is 18.3. The molecular weight excluding hydrogens is 764 g/mol. The van der Waals surface area contributed by atoms with Crippen LogP contribution in [0.25, 0.3) is 0 Å². The first-order valence-corrected chi connectivity index (χ1v) is 18.3. The quantitative estimate of drug-likeness (QED) is 0.0224. The molecule has 0 saturated heterocycles. The number of nitrogens with one attached hydrogen (secondary N) is 6. The number of aliphatic hydroxyl groups is 1. The molecule has 0 saturated carbocycles. The molecule has 0 aromatic heterocycles. The van der Waals surface area contributed by atoms with E-state index in [-0.39, 0.29) is 50.5 Å². The number of carbonyl (C=O) groups excluding carboxylic acids is 8. The maximum absolute atomic E-state index is 13.9. The lowest BCUT2D eigenvalue weighted by atomic mass is 10.00. The molecule has 58 heavy (non-hydrogen) atoms. The van der Waals surface area contributed by atoms with Gasteiger partial charge in [0.25, 0.3) is 0 Å². The normalized spacial score (nSPS) is 13.9. The van der Waals surface area contributed by atoms with Crippen LogP contribution in [0.1, 0.15) is 57.9 Å². The number of nitrogens with zero attached hydrogens (tertiary/aromatic N) is 1. The van der Waals surface area contributed by atoms with Gasteiger partial charge in [-0.15, -0.1) is 0 Å². The number of hydrogen-bond donors (Lipinski definition) is 13. The summed E-state index contributed by atoms with van der Waals surface area (Å²) in [6.07, 6.45) is -1.52. The van der Waals surface area contributed by atoms with Gasteiger partial charge in [0.15, 0.2) is 5.96 Å². The van der Waals surface area contributed by atoms with Gasteiger partial charge in [-0.1, -0.05) is 44.2 Å². The van der Waals surface area contributed by atoms with Crippen LogP contribution in [-0.4, -0.2) is 125 Å². The third-order valence-electron chi connectivity index (χ3n) is 8.19. The van der Waals surface area contributed by atoms with Gasteiger partial charge in [0.1, 0.15) is 36.3 Å². The molecule has 322 valence electrons. The Labute approximate surface area is 334 Å². The lowest BCUT2D eigenvalue weighted by Gasteiger charge is -2.28. The van der Waals surface area contributed by atoms with Crippen molar-refractivity contribution in [3.63, 3.8) is 0 Å². The monoisotopic (exact) mass is 820 g/mol. The molecule has 0 aliphatic rings. The van der Waals surface area contributed by atoms with E-state index in [2.05, 4.69) is 36.9 Å². The number of hydrogen-bond acceptors (Lipinski definition) is 12. The Bertz CT molecular complexity index is 1620. The first-order chi connectivity index (χ1) is 27.3. The van der Waals surface area contributed by atoms with Crippen molar-refractivity contribution in [1.29, 1.82) is 0 Å². The Morgan fingerprint density at radius 2 is 1.17 bits per heavy atom. The SMILES string of the molecule is CC(C)C[C@H](NC(=O)[C@H](Cc1ccccc1)NC(=O)[C@H](CC(N)=O)NC(=O)CN)C(=O)N[C@@H](CCC(N)=O)C(=O)N[C@@H](CO)C(=O)N[C@@H](CCCN=C(N)N)C(=O)O. The average Bonchev–Trinajstić information content (AvgIpc) is 3.15. The zero-order chi connectivity index (χ0) is 43.9. The number of rotatable bonds is 27. The molecule has 1 aromatic rings. The molecular formula is C35H56N12O11. The van der Waals surface area contributed by atoms with Gasteiger partial charge in [0, 0.05) is 19.4 Å². The van der Waals surface area contributed by atoms with Crippen LogP contribution in [0.15, 0.2) is 35.3 Å². The molecule has 1 rings (SSSR count). The van der Waals surface area contributed by atoms with Crippen molar-refractivity contribution in [2.75, 3.05) is 19.7 Å². The summed E-state index contributed by atoms with van der Waals surface area (Å²) in [5, 5.41) is 33.7. The van der Waals surface area contributed by atoms with Gasteiger partial charge in [0.2, 0.25) is 47.3 Å². The molecule has 23 nitrogen and oxygen atoms in total. The molecule has 0 bridgehead atoms. The van der Waals surface area contributed by atoms with E-state index in [1.165, 1.54) is 0 Å². The maximum atomic E-state index is 13.9. The van der Waals surface area contributed by atoms with Crippen LogP contribution in [0.3, 0.4) is 0 Å². The molecule has 23 heteroatoms. The van der Waals surface area contributed by atoms with E-state index in [9.17, 15) is 53.4 Å². The summed E-state index contributed by atoms with van der Waals surface area (Å²) >= 11 is 0. The van der Waals surface area contributed by atoms with E-state index in [1.807, 2.05) is 0 Å². The number of primary amides is 2. The van der Waals surface area contributed by atoms with Crippen molar-refractivity contribution in [2.45, 2.75) is 95.0 Å². The molecule has 0 spiro atoms. The summed E-state index contributed by atoms with van der Waals surface area (Å²) in [5.41, 5.74) is 27.0. The predicted molar refractivity (Wildman–Crippen MR) is 207 cm³/mol. The van der Waals surface area contributed by atoms with Gasteiger partial charge < -0.3 is 70.8 Å². The number of guanidine groups is 1. The number of benzene rings is 1. The second-order valence-corrected chi connectivity index (χ2v) is 13.6. The molecule has 0 heterocycles. The van der Waals surface area contributed by atoms with Crippen molar-refractivity contribution in [3.8, 4) is 0 Å². The van der Waals surface area contributed by atoms with E-state index < -0.39 is 115 Å². The highest BCUT2D eigenvalue weighted by molar-refractivity contribution is 5.98. The number of aliphatic carboxylic acids is 1. The fourth-order valence-electron chi connectivity index (χ4n) is 5.30. The van der Waals surface area contributed by atoms with Crippen molar-refractivity contribution >= 4 is 59.2 Å². The number of aliphatic imine (C=N–C) groups is 1. The first kappa shape index (κ1) is 49.7. The van der Waals surface area contributed by atoms with Gasteiger partial charge in [-0.2, -0.15) is 0 Å². The van der Waals surface area contributed by atoms with E-state index in [4.69, 9.17) is 28.7 Å². The molecule has 1 aromatic carbocycles. The lowest BCUT2D eigenvalue weighted by molar-refractivity contribution is -0.142. The van der Waals surface area contributed by atoms with Gasteiger partial charge in [-0.25, -0.2) is 4.79 Å². The summed E-state index contributed by atoms with van der Waals surface area (Å²) in [4.78, 5) is 118. The molecule has 0 aliphatic heterocycles. The van der Waals surface area contributed by atoms with Gasteiger partial charge >= 0.3 is 5.97 Å². The van der Waals surface area contributed by atoms with Gasteiger partial charge in [-0.3, -0.25) is 43.3 Å². The van der Waals surface area contributed by atoms with Gasteiger partial charge in [-0.05, 0) is 37.2 Å². The Morgan fingerprint density at radius 1 is 0.655 bits per heavy atom. The number of nitrogens with two attached hydrogens (primary N) is 5. The summed E-state index contributed by atoms with van der Waals surface area (Å²) < 4.78 is 0. The van der Waals surface area contributed by atoms with Crippen molar-refractivity contribution in [3.05, 3.63) is 35.9 Å². The molecule has 0 aliphatic carbocycles. The molecule has 0 radical (unpaired) electrons. The number of carboxylic acids is 1. The second kappa shape index (κ2) is 25.7. The fourth-order valence-corrected chi connectivity index (χ4v) is 5.30. The Hall–Kier alpha value is -6.36. The Kier molecular flexibility index (Phi) is 22.0. The highest BCUT2D eigenvalue weighted by Crippen LogP contribution is 2.10. The Morgan fingerprint density at radius 3 is 1.71 bits per heavy atom. The minimum atomic E-state index is -1.71. The van der Waals surface area contributed by atoms with Crippen LogP contribution in [0.4, 0.5) is 0 Å². The minimum Gasteiger partial charge on any atom is -0.480 e. The van der Waals surface area contributed by atoms with Crippen LogP contribution >= 0.6 is 0 Å². The predicted octanol–water partition coefficient (Wildman–Crippen LogP) is -5.59. The lowest BCUT2D eigenvalue weighted by Crippen LogP contribution is -2.60. The third-order valence-corrected chi connectivity index (χ3v) is 8.19. The van der Waals surface area contributed by atoms with Gasteiger partial charge in [0.05, 0.1) is 19.6 Å². The summed E-state index contributed by atoms with van der Waals surface area (Å²) in [6, 6.07) is -0.546. The van der Waals surface area contributed by atoms with Crippen LogP contribution in [0.2, 0.25) is 0 Å². The van der Waals surface area contributed by atoms with Crippen LogP contribution in [0.5, 0.6) is 0 Å². The molecule has 0 unspecified atom stereocenters. The second-order valence-electron chi connectivity index (χ2n) is 13.6. The average molecular weight is 821 g/mol. The van der Waals surface area contributed by atoms with E-state index in [1.54, 1.807) is 44.2 Å². The summed E-state index contributed by atoms with van der Waals surface area (Å²) in [7, 11) is 0. The maximum Gasteiger partial charge on any atom is 0.326 e. The number of carbonyl (C=O) groups is 9. The van der Waals surface area contributed by atoms with Crippen LogP contribution in [-0.2, 0) is 49.6 Å². The zero-order valence-corrected chi connectivity index (χ0v) is 32.4. The molecule has 0 fully saturated rings. The topological polar surface area (TPSA) is 409 Å². The highest BCUT2D eigenvalue weighted by atomic mass is 16.4. The van der Waals surface area contributed by atoms with Crippen molar-refractivity contribution < 1.29 is 53.4 Å². The van der Waals surface area contributed by atoms with Crippen molar-refractivity contribution in [2.24, 2.45) is 39.6 Å². The van der Waals surface area contributed by atoms with Crippen LogP contribution < -0.4 is 60.6 Å². The standard InChI is InChI=1S/C35H56N12O11/c1-18(2)13-22(45-31(54)23(14-19-7-4-3-5-8-19)46-32(55)24(15-27(38)50)42-28(51)16-36)30(53)43-20(10-11-26(37)49)29(52)47-25(17-48)33(56)44-21(34(57)58)9-6-12-41-35(39)40/h3-5,7-8,18,20-25,48H,6,9-17,36H2,1-2H3,(H2,37,49)(H2,38,50)(H,42,51)(H,43,53)(H,44,56)(H,45,54)(H,46,55)(H,47,52)(H,57,58)(H4,39,40,41)/t20-,21-,22-,23-,24-,25-/m0/s1. The van der Waals surface area contributed by atoms with E-state index in [0.29, 0.717) is 5.56 Å². The Balaban J connectivity index is 3.33. The summed E-state index contributed by atoms with van der Waals surface area (Å²) in [6.45, 7) is 2.03. The zero-order valence-electron chi connectivity index (χ0n) is 32.4. The molecule has 18 N–H and O–H groups in total. The van der Waals surface area contributed by atoms with E-state index in [0.717, 1.165) is 0 Å². The largest absolute Gasteiger partial charge is 0.480 e. The smallest absolute Gasteiger partial charge is 0.326 e. The highest BCUT2D eigenvalue weighted by Gasteiger charge is 2.34. The number of aliphatic hydroxyl groups excluding tert-OH is 1. The third kappa shape index (κ3) is 19.5. The van der Waals surface area contributed by atoms with Crippen LogP contribution in [0, 0.1) is 5.92 Å². The molecule has 8 amide bonds. The number of amides is 8. The minimum absolute atomic E-state index is 0.00791. The number of carboxylic acid groups (broad SMARTS) is 1. The summed E-state index contributed by atoms with van der Waals surface area (Å²) in [5.74, 6) is -9.32. The molecule has 6 atom stereocenters. The fraction of sp³-hybridized carbons (Fsp3) is 0.543. The van der Waals surface area contributed by atoms with E-state index >= 15 is 0 Å².